The van der Waals surface area contributed by atoms with Gasteiger partial charge < -0.3 is 14.6 Å². The summed E-state index contributed by atoms with van der Waals surface area (Å²) >= 11 is 0. The molecule has 0 bridgehead atoms. The highest BCUT2D eigenvalue weighted by molar-refractivity contribution is 5.79. The minimum absolute atomic E-state index is 0. The molecule has 1 aromatic carbocycles. The fraction of sp³-hybridized carbons (Fsp3) is 0.267. The minimum Gasteiger partial charge on any atom is -0.489 e. The lowest BCUT2D eigenvalue weighted by Crippen LogP contribution is -2.08. The smallest absolute Gasteiger partial charge is 0.311 e. The summed E-state index contributed by atoms with van der Waals surface area (Å²) in [6.45, 7) is 0. The first kappa shape index (κ1) is 13.4. The molecule has 21 heavy (non-hydrogen) atoms. The molecule has 3 atom stereocenters. The molecule has 1 N–H and O–H groups in total. The Hall–Kier alpha value is -2.63. The number of fused-ring (bicyclic) bond motifs is 3. The average molecular weight is 286 g/mol. The summed E-state index contributed by atoms with van der Waals surface area (Å²) < 4.78 is 11.2. The monoisotopic (exact) mass is 286 g/mol. The number of carboxylic acids is 1. The molecule has 0 spiro atoms. The quantitative estimate of drug-likeness (QED) is 0.933. The van der Waals surface area contributed by atoms with E-state index in [0.717, 1.165) is 11.3 Å². The van der Waals surface area contributed by atoms with Gasteiger partial charge in [0.1, 0.15) is 29.8 Å². The van der Waals surface area contributed by atoms with Crippen molar-refractivity contribution in [3.63, 3.8) is 0 Å². The lowest BCUT2D eigenvalue weighted by Gasteiger charge is -2.09. The van der Waals surface area contributed by atoms with Gasteiger partial charge in [-0.25, -0.2) is 9.97 Å². The molecule has 0 unspecified atom stereocenters. The second-order valence-electron chi connectivity index (χ2n) is 4.82. The first-order valence-electron chi connectivity index (χ1n) is 6.21. The Labute approximate surface area is 121 Å². The molecular formula is C15H14N2O4. The molecule has 108 valence electrons. The molecule has 2 aliphatic rings. The van der Waals surface area contributed by atoms with Crippen LogP contribution in [0.5, 0.6) is 17.4 Å². The number of ether oxygens (including phenoxy) is 2. The Bertz CT molecular complexity index is 689. The van der Waals surface area contributed by atoms with Crippen LogP contribution in [0.2, 0.25) is 0 Å². The number of benzene rings is 1. The van der Waals surface area contributed by atoms with Crippen molar-refractivity contribution >= 4 is 5.97 Å². The second kappa shape index (κ2) is 4.73. The Morgan fingerprint density at radius 1 is 1.33 bits per heavy atom. The van der Waals surface area contributed by atoms with Crippen LogP contribution in [0, 0.1) is 5.92 Å². The van der Waals surface area contributed by atoms with Crippen LogP contribution in [0.1, 0.15) is 18.9 Å². The lowest BCUT2D eigenvalue weighted by atomic mass is 10.1. The van der Waals surface area contributed by atoms with Crippen LogP contribution in [-0.4, -0.2) is 27.1 Å². The van der Waals surface area contributed by atoms with Crippen LogP contribution in [0.4, 0.5) is 0 Å². The third kappa shape index (κ3) is 2.08. The maximum absolute atomic E-state index is 11.0. The van der Waals surface area contributed by atoms with Crippen LogP contribution >= 0.6 is 0 Å². The predicted molar refractivity (Wildman–Crippen MR) is 73.6 cm³/mol. The Morgan fingerprint density at radius 3 is 2.90 bits per heavy atom. The van der Waals surface area contributed by atoms with E-state index in [2.05, 4.69) is 9.97 Å². The van der Waals surface area contributed by atoms with Gasteiger partial charge in [0.05, 0.1) is 0 Å². The standard InChI is InChI=1S/C14H10N2O4.CH4/c17-14(18)12-11-8-5-7(1-2-9(8)20-13(11)12)19-10-3-4-15-6-16-10;/h1-6,11-13H,(H,17,18);1H4/t11-,12-,13-;/m0./s1. The fourth-order valence-electron chi connectivity index (χ4n) is 2.66. The number of hydrogen-bond donors (Lipinski definition) is 1. The van der Waals surface area contributed by atoms with Crippen molar-refractivity contribution in [3.8, 4) is 17.4 Å². The highest BCUT2D eigenvalue weighted by Crippen LogP contribution is 2.58. The van der Waals surface area contributed by atoms with E-state index < -0.39 is 11.9 Å². The molecule has 0 radical (unpaired) electrons. The van der Waals surface area contributed by atoms with Crippen molar-refractivity contribution in [2.24, 2.45) is 5.92 Å². The van der Waals surface area contributed by atoms with E-state index in [1.54, 1.807) is 24.4 Å². The Kier molecular flexibility index (Phi) is 3.01. The van der Waals surface area contributed by atoms with Crippen LogP contribution in [-0.2, 0) is 4.79 Å². The molecule has 1 aromatic heterocycles. The molecule has 0 saturated heterocycles. The van der Waals surface area contributed by atoms with Gasteiger partial charge in [-0.15, -0.1) is 0 Å². The summed E-state index contributed by atoms with van der Waals surface area (Å²) in [7, 11) is 0. The van der Waals surface area contributed by atoms with E-state index in [1.807, 2.05) is 6.07 Å². The predicted octanol–water partition coefficient (Wildman–Crippen LogP) is 2.46. The molecule has 1 aliphatic carbocycles. The molecule has 2 heterocycles. The van der Waals surface area contributed by atoms with Crippen LogP contribution < -0.4 is 9.47 Å². The van der Waals surface area contributed by atoms with Gasteiger partial charge >= 0.3 is 5.97 Å². The van der Waals surface area contributed by atoms with Gasteiger partial charge in [0.2, 0.25) is 5.88 Å². The minimum atomic E-state index is -0.812. The van der Waals surface area contributed by atoms with E-state index in [-0.39, 0.29) is 19.4 Å². The van der Waals surface area contributed by atoms with Crippen molar-refractivity contribution < 1.29 is 19.4 Å². The number of aromatic nitrogens is 2. The molecule has 1 saturated carbocycles. The van der Waals surface area contributed by atoms with Gasteiger partial charge in [-0.3, -0.25) is 4.79 Å². The Morgan fingerprint density at radius 2 is 2.19 bits per heavy atom. The number of hydrogen-bond acceptors (Lipinski definition) is 5. The maximum atomic E-state index is 11.0. The zero-order valence-electron chi connectivity index (χ0n) is 10.3. The van der Waals surface area contributed by atoms with Crippen molar-refractivity contribution in [2.45, 2.75) is 19.4 Å². The lowest BCUT2D eigenvalue weighted by molar-refractivity contribution is -0.139. The first-order chi connectivity index (χ1) is 9.74. The topological polar surface area (TPSA) is 81.5 Å². The number of aliphatic carboxylic acids is 1. The van der Waals surface area contributed by atoms with Gasteiger partial charge in [0.15, 0.2) is 0 Å². The number of carboxylic acid groups (broad SMARTS) is 1. The average Bonchev–Trinajstić information content (AvgIpc) is 3.05. The van der Waals surface area contributed by atoms with Gasteiger partial charge in [0, 0.05) is 23.7 Å². The largest absolute Gasteiger partial charge is 0.489 e. The normalized spacial score (nSPS) is 24.1. The molecule has 6 nitrogen and oxygen atoms in total. The highest BCUT2D eigenvalue weighted by atomic mass is 16.5. The van der Waals surface area contributed by atoms with Gasteiger partial charge in [-0.2, -0.15) is 0 Å². The SMILES string of the molecule is C.O=C(O)[C@@H]1[C@H]2Oc3ccc(Oc4ccncn4)cc3[C@H]21. The molecule has 2 aromatic rings. The van der Waals surface area contributed by atoms with Crippen molar-refractivity contribution in [3.05, 3.63) is 42.4 Å². The zero-order valence-corrected chi connectivity index (χ0v) is 10.3. The Balaban J connectivity index is 0.00000132. The molecule has 1 fully saturated rings. The number of rotatable bonds is 3. The van der Waals surface area contributed by atoms with E-state index >= 15 is 0 Å². The summed E-state index contributed by atoms with van der Waals surface area (Å²) in [4.78, 5) is 18.8. The second-order valence-corrected chi connectivity index (χ2v) is 4.82. The first-order valence-corrected chi connectivity index (χ1v) is 6.21. The van der Waals surface area contributed by atoms with E-state index in [4.69, 9.17) is 14.6 Å². The molecular weight excluding hydrogens is 272 g/mol. The van der Waals surface area contributed by atoms with Crippen LogP contribution in [0.15, 0.2) is 36.8 Å². The van der Waals surface area contributed by atoms with E-state index in [1.165, 1.54) is 6.33 Å². The van der Waals surface area contributed by atoms with Crippen molar-refractivity contribution in [1.29, 1.82) is 0 Å². The molecule has 1 aliphatic heterocycles. The van der Waals surface area contributed by atoms with E-state index in [9.17, 15) is 4.79 Å². The fourth-order valence-corrected chi connectivity index (χ4v) is 2.66. The van der Waals surface area contributed by atoms with Crippen LogP contribution in [0.25, 0.3) is 0 Å². The number of nitrogens with zero attached hydrogens (tertiary/aromatic N) is 2. The molecule has 6 heteroatoms. The molecule has 0 amide bonds. The zero-order chi connectivity index (χ0) is 13.7. The van der Waals surface area contributed by atoms with Crippen molar-refractivity contribution in [2.75, 3.05) is 0 Å². The third-order valence-corrected chi connectivity index (χ3v) is 3.62. The summed E-state index contributed by atoms with van der Waals surface area (Å²) in [5, 5.41) is 9.06. The highest BCUT2D eigenvalue weighted by Gasteiger charge is 2.63. The van der Waals surface area contributed by atoms with Gasteiger partial charge in [-0.05, 0) is 18.2 Å². The van der Waals surface area contributed by atoms with Crippen LogP contribution in [0.3, 0.4) is 0 Å². The van der Waals surface area contributed by atoms with Gasteiger partial charge in [-0.1, -0.05) is 7.43 Å². The van der Waals surface area contributed by atoms with Gasteiger partial charge in [0.25, 0.3) is 0 Å². The summed E-state index contributed by atoms with van der Waals surface area (Å²) in [6.07, 6.45) is 2.77. The summed E-state index contributed by atoms with van der Waals surface area (Å²) in [6, 6.07) is 7.06. The summed E-state index contributed by atoms with van der Waals surface area (Å²) in [5.74, 6) is 0.497. The van der Waals surface area contributed by atoms with Crippen molar-refractivity contribution in [1.82, 2.24) is 9.97 Å². The maximum Gasteiger partial charge on any atom is 0.311 e. The third-order valence-electron chi connectivity index (χ3n) is 3.62. The number of carbonyl (C=O) groups is 1. The molecule has 4 rings (SSSR count). The summed E-state index contributed by atoms with van der Waals surface area (Å²) in [5.41, 5.74) is 0.897. The van der Waals surface area contributed by atoms with E-state index in [0.29, 0.717) is 11.6 Å².